The quantitative estimate of drug-likeness (QED) is 0.790. The van der Waals surface area contributed by atoms with Crippen LogP contribution in [0.1, 0.15) is 24.2 Å². The highest BCUT2D eigenvalue weighted by atomic mass is 35.5. The van der Waals surface area contributed by atoms with E-state index in [1.807, 2.05) is 16.7 Å². The van der Waals surface area contributed by atoms with Crippen LogP contribution in [-0.4, -0.2) is 14.6 Å². The van der Waals surface area contributed by atoms with Crippen molar-refractivity contribution in [3.8, 4) is 0 Å². The van der Waals surface area contributed by atoms with Gasteiger partial charge in [0, 0.05) is 18.5 Å². The van der Waals surface area contributed by atoms with Gasteiger partial charge in [0.15, 0.2) is 5.65 Å². The summed E-state index contributed by atoms with van der Waals surface area (Å²) in [5, 5.41) is 8.94. The lowest BCUT2D eigenvalue weighted by Crippen LogP contribution is -1.97. The Morgan fingerprint density at radius 3 is 2.88 bits per heavy atom. The normalized spacial score (nSPS) is 15.9. The molecule has 0 aromatic carbocycles. The maximum Gasteiger partial charge on any atom is 0.179 e. The van der Waals surface area contributed by atoms with E-state index in [2.05, 4.69) is 10.2 Å². The molecule has 1 aliphatic carbocycles. The summed E-state index contributed by atoms with van der Waals surface area (Å²) in [5.41, 5.74) is 1.62. The summed E-state index contributed by atoms with van der Waals surface area (Å²) in [7, 11) is 0. The fraction of sp³-hybridized carbons (Fsp3) is 0.455. The minimum absolute atomic E-state index is 0.403. The number of nitrogens with zero attached hydrogens (tertiary/aromatic N) is 3. The molecule has 1 saturated carbocycles. The lowest BCUT2D eigenvalue weighted by molar-refractivity contribution is 0.758. The molecule has 16 heavy (non-hydrogen) atoms. The Hall–Kier alpha value is -0.800. The Bertz CT molecular complexity index is 531. The first kappa shape index (κ1) is 10.4. The van der Waals surface area contributed by atoms with Crippen LogP contribution in [0.25, 0.3) is 5.65 Å². The van der Waals surface area contributed by atoms with Crippen LogP contribution in [0.3, 0.4) is 0 Å². The summed E-state index contributed by atoms with van der Waals surface area (Å²) >= 11 is 12.0. The third kappa shape index (κ3) is 1.68. The Morgan fingerprint density at radius 2 is 2.19 bits per heavy atom. The Kier molecular flexibility index (Phi) is 2.52. The van der Waals surface area contributed by atoms with E-state index in [0.29, 0.717) is 10.9 Å². The van der Waals surface area contributed by atoms with Crippen LogP contribution in [0.2, 0.25) is 5.02 Å². The smallest absolute Gasteiger partial charge is 0.179 e. The summed E-state index contributed by atoms with van der Waals surface area (Å²) in [6, 6.07) is 1.93. The molecule has 0 unspecified atom stereocenters. The first-order valence-corrected chi connectivity index (χ1v) is 6.28. The molecular weight excluding hydrogens is 245 g/mol. The van der Waals surface area contributed by atoms with Gasteiger partial charge in [-0.15, -0.1) is 21.8 Å². The topological polar surface area (TPSA) is 30.2 Å². The zero-order valence-electron chi connectivity index (χ0n) is 8.66. The van der Waals surface area contributed by atoms with Crippen molar-refractivity contribution in [3.05, 3.63) is 28.7 Å². The molecule has 1 aliphatic rings. The van der Waals surface area contributed by atoms with Crippen molar-refractivity contribution in [2.24, 2.45) is 5.92 Å². The Balaban J connectivity index is 2.09. The Morgan fingerprint density at radius 1 is 1.38 bits per heavy atom. The van der Waals surface area contributed by atoms with E-state index in [4.69, 9.17) is 23.2 Å². The van der Waals surface area contributed by atoms with Crippen LogP contribution >= 0.6 is 23.2 Å². The van der Waals surface area contributed by atoms with Gasteiger partial charge in [-0.25, -0.2) is 0 Å². The second kappa shape index (κ2) is 3.90. The number of alkyl halides is 1. The number of hydrogen-bond donors (Lipinski definition) is 0. The predicted molar refractivity (Wildman–Crippen MR) is 64.0 cm³/mol. The molecule has 3 rings (SSSR count). The Labute approximate surface area is 103 Å². The first-order chi connectivity index (χ1) is 7.79. The molecule has 84 valence electrons. The van der Waals surface area contributed by atoms with Crippen molar-refractivity contribution in [3.63, 3.8) is 0 Å². The van der Waals surface area contributed by atoms with E-state index in [-0.39, 0.29) is 0 Å². The van der Waals surface area contributed by atoms with Gasteiger partial charge in [0.25, 0.3) is 0 Å². The molecule has 0 saturated heterocycles. The van der Waals surface area contributed by atoms with Gasteiger partial charge in [-0.3, -0.25) is 4.40 Å². The van der Waals surface area contributed by atoms with Gasteiger partial charge in [0.05, 0.1) is 5.02 Å². The average Bonchev–Trinajstić information content (AvgIpc) is 3.00. The number of hydrogen-bond acceptors (Lipinski definition) is 2. The molecule has 5 heteroatoms. The van der Waals surface area contributed by atoms with Crippen LogP contribution in [0, 0.1) is 5.92 Å². The molecular formula is C11H11Cl2N3. The van der Waals surface area contributed by atoms with Crippen LogP contribution in [0.4, 0.5) is 0 Å². The van der Waals surface area contributed by atoms with Gasteiger partial charge in [-0.05, 0) is 30.4 Å². The molecule has 2 heterocycles. The van der Waals surface area contributed by atoms with Gasteiger partial charge in [-0.2, -0.15) is 0 Å². The van der Waals surface area contributed by atoms with Crippen molar-refractivity contribution in [2.75, 3.05) is 0 Å². The van der Waals surface area contributed by atoms with Crippen LogP contribution in [0.5, 0.6) is 0 Å². The van der Waals surface area contributed by atoms with E-state index in [1.54, 1.807) is 0 Å². The fourth-order valence-corrected chi connectivity index (χ4v) is 2.38. The standard InChI is InChI=1S/C11H11Cl2N3/c12-6-8-3-4-16-9(5-7-1-2-7)14-15-11(16)10(8)13/h3-4,7H,1-2,5-6H2. The predicted octanol–water partition coefficient (Wildman–Crippen LogP) is 3.07. The zero-order valence-corrected chi connectivity index (χ0v) is 10.2. The maximum atomic E-state index is 6.20. The van der Waals surface area contributed by atoms with Crippen LogP contribution < -0.4 is 0 Å². The van der Waals surface area contributed by atoms with E-state index >= 15 is 0 Å². The number of aromatic nitrogens is 3. The van der Waals surface area contributed by atoms with Gasteiger partial charge in [0.1, 0.15) is 5.82 Å². The lowest BCUT2D eigenvalue weighted by Gasteiger charge is -2.02. The monoisotopic (exact) mass is 255 g/mol. The van der Waals surface area contributed by atoms with E-state index in [0.717, 1.165) is 29.4 Å². The molecule has 0 atom stereocenters. The molecule has 2 aromatic rings. The molecule has 0 bridgehead atoms. The van der Waals surface area contributed by atoms with Gasteiger partial charge in [0.2, 0.25) is 0 Å². The summed E-state index contributed by atoms with van der Waals surface area (Å²) in [4.78, 5) is 0. The van der Waals surface area contributed by atoms with Gasteiger partial charge < -0.3 is 0 Å². The summed E-state index contributed by atoms with van der Waals surface area (Å²) < 4.78 is 1.97. The number of rotatable bonds is 3. The maximum absolute atomic E-state index is 6.20. The third-order valence-corrected chi connectivity index (χ3v) is 3.68. The van der Waals surface area contributed by atoms with Gasteiger partial charge >= 0.3 is 0 Å². The highest BCUT2D eigenvalue weighted by molar-refractivity contribution is 6.35. The SMILES string of the molecule is ClCc1ccn2c(CC3CC3)nnc2c1Cl. The van der Waals surface area contributed by atoms with Crippen molar-refractivity contribution < 1.29 is 0 Å². The van der Waals surface area contributed by atoms with E-state index in [1.165, 1.54) is 12.8 Å². The molecule has 0 spiro atoms. The highest BCUT2D eigenvalue weighted by Gasteiger charge is 2.24. The van der Waals surface area contributed by atoms with Crippen LogP contribution in [0.15, 0.2) is 12.3 Å². The third-order valence-electron chi connectivity index (χ3n) is 2.98. The zero-order chi connectivity index (χ0) is 11.1. The number of fused-ring (bicyclic) bond motifs is 1. The summed E-state index contributed by atoms with van der Waals surface area (Å²) in [5.74, 6) is 2.19. The second-order valence-electron chi connectivity index (χ2n) is 4.25. The van der Waals surface area contributed by atoms with Crippen molar-refractivity contribution in [1.29, 1.82) is 0 Å². The molecule has 0 aliphatic heterocycles. The lowest BCUT2D eigenvalue weighted by atomic mass is 10.2. The minimum Gasteiger partial charge on any atom is -0.285 e. The number of halogens is 2. The van der Waals surface area contributed by atoms with Crippen molar-refractivity contribution in [2.45, 2.75) is 25.1 Å². The molecule has 1 fully saturated rings. The molecule has 0 amide bonds. The minimum atomic E-state index is 0.403. The molecule has 0 radical (unpaired) electrons. The largest absolute Gasteiger partial charge is 0.285 e. The van der Waals surface area contributed by atoms with Gasteiger partial charge in [-0.1, -0.05) is 11.6 Å². The van der Waals surface area contributed by atoms with E-state index < -0.39 is 0 Å². The average molecular weight is 256 g/mol. The second-order valence-corrected chi connectivity index (χ2v) is 4.89. The molecule has 2 aromatic heterocycles. The summed E-state index contributed by atoms with van der Waals surface area (Å²) in [6.45, 7) is 0. The summed E-state index contributed by atoms with van der Waals surface area (Å²) in [6.07, 6.45) is 5.57. The van der Waals surface area contributed by atoms with Crippen LogP contribution in [-0.2, 0) is 12.3 Å². The molecule has 3 nitrogen and oxygen atoms in total. The highest BCUT2D eigenvalue weighted by Crippen LogP contribution is 2.32. The fourth-order valence-electron chi connectivity index (χ4n) is 1.83. The van der Waals surface area contributed by atoms with Crippen molar-refractivity contribution in [1.82, 2.24) is 14.6 Å². The van der Waals surface area contributed by atoms with E-state index in [9.17, 15) is 0 Å². The van der Waals surface area contributed by atoms with Crippen molar-refractivity contribution >= 4 is 28.8 Å². The first-order valence-electron chi connectivity index (χ1n) is 5.36. The number of pyridine rings is 1. The molecule has 0 N–H and O–H groups in total.